The van der Waals surface area contributed by atoms with Gasteiger partial charge in [0, 0.05) is 19.2 Å². The van der Waals surface area contributed by atoms with Crippen LogP contribution in [0.4, 0.5) is 5.69 Å². The molecule has 2 rings (SSSR count). The van der Waals surface area contributed by atoms with Gasteiger partial charge in [0.25, 0.3) is 5.69 Å². The highest BCUT2D eigenvalue weighted by Crippen LogP contribution is 2.29. The summed E-state index contributed by atoms with van der Waals surface area (Å²) in [4.78, 5) is 20.8. The van der Waals surface area contributed by atoms with Gasteiger partial charge in [0.1, 0.15) is 5.02 Å². The molecule has 26 heavy (non-hydrogen) atoms. The Kier molecular flexibility index (Phi) is 6.30. The number of nitrogens with zero attached hydrogens (tertiary/aromatic N) is 2. The molecular formula is C16H15ClN2O6S. The second kappa shape index (κ2) is 8.26. The Morgan fingerprint density at radius 3 is 2.42 bits per heavy atom. The molecule has 0 aliphatic carbocycles. The summed E-state index contributed by atoms with van der Waals surface area (Å²) in [6.07, 6.45) is -0.401. The van der Waals surface area contributed by atoms with Gasteiger partial charge in [-0.05, 0) is 17.7 Å². The SMILES string of the molecule is O=C(O)CCN(Cc1ccccc1)S(=O)(=O)c1ccc(Cl)c([N+](=O)[O-])c1. The molecule has 0 aliphatic heterocycles. The summed E-state index contributed by atoms with van der Waals surface area (Å²) >= 11 is 5.73. The average molecular weight is 399 g/mol. The Bertz CT molecular complexity index is 918. The molecule has 0 aromatic heterocycles. The minimum Gasteiger partial charge on any atom is -0.481 e. The summed E-state index contributed by atoms with van der Waals surface area (Å²) in [7, 11) is -4.16. The van der Waals surface area contributed by atoms with E-state index in [9.17, 15) is 23.3 Å². The summed E-state index contributed by atoms with van der Waals surface area (Å²) in [6.45, 7) is -0.337. The lowest BCUT2D eigenvalue weighted by Crippen LogP contribution is -2.32. The molecule has 2 aromatic carbocycles. The molecule has 138 valence electrons. The van der Waals surface area contributed by atoms with Gasteiger partial charge in [-0.3, -0.25) is 14.9 Å². The van der Waals surface area contributed by atoms with Crippen LogP contribution in [0.1, 0.15) is 12.0 Å². The lowest BCUT2D eigenvalue weighted by Gasteiger charge is -2.21. The first-order chi connectivity index (χ1) is 12.2. The lowest BCUT2D eigenvalue weighted by molar-refractivity contribution is -0.384. The Hall–Kier alpha value is -2.49. The molecule has 0 unspecified atom stereocenters. The van der Waals surface area contributed by atoms with Crippen LogP contribution in [0.5, 0.6) is 0 Å². The third-order valence-corrected chi connectivity index (χ3v) is 5.69. The van der Waals surface area contributed by atoms with Gasteiger partial charge < -0.3 is 5.11 Å². The molecule has 0 amide bonds. The van der Waals surface area contributed by atoms with Crippen LogP contribution in [-0.2, 0) is 21.4 Å². The number of sulfonamides is 1. The second-order valence-electron chi connectivity index (χ2n) is 5.34. The van der Waals surface area contributed by atoms with Crippen molar-refractivity contribution < 1.29 is 23.2 Å². The van der Waals surface area contributed by atoms with Crippen LogP contribution >= 0.6 is 11.6 Å². The molecule has 0 heterocycles. The second-order valence-corrected chi connectivity index (χ2v) is 7.68. The third-order valence-electron chi connectivity index (χ3n) is 3.53. The fraction of sp³-hybridized carbons (Fsp3) is 0.188. The minimum absolute atomic E-state index is 0.0626. The number of carboxylic acids is 1. The molecule has 0 bridgehead atoms. The number of rotatable bonds is 8. The summed E-state index contributed by atoms with van der Waals surface area (Å²) in [6, 6.07) is 11.8. The predicted molar refractivity (Wildman–Crippen MR) is 94.4 cm³/mol. The fourth-order valence-electron chi connectivity index (χ4n) is 2.23. The van der Waals surface area contributed by atoms with Crippen molar-refractivity contribution in [2.45, 2.75) is 17.9 Å². The Morgan fingerprint density at radius 1 is 1.19 bits per heavy atom. The van der Waals surface area contributed by atoms with Crippen LogP contribution in [0.3, 0.4) is 0 Å². The minimum atomic E-state index is -4.16. The average Bonchev–Trinajstić information content (AvgIpc) is 2.59. The molecule has 10 heteroatoms. The van der Waals surface area contributed by atoms with E-state index in [-0.39, 0.29) is 23.0 Å². The molecule has 2 aromatic rings. The van der Waals surface area contributed by atoms with E-state index in [1.807, 2.05) is 0 Å². The zero-order chi connectivity index (χ0) is 19.3. The van der Waals surface area contributed by atoms with Crippen molar-refractivity contribution in [3.05, 3.63) is 69.2 Å². The normalized spacial score (nSPS) is 11.5. The molecule has 0 fully saturated rings. The number of aliphatic carboxylic acids is 1. The number of hydrogen-bond acceptors (Lipinski definition) is 5. The molecule has 0 atom stereocenters. The molecule has 8 nitrogen and oxygen atoms in total. The van der Waals surface area contributed by atoms with E-state index >= 15 is 0 Å². The highest BCUT2D eigenvalue weighted by atomic mass is 35.5. The van der Waals surface area contributed by atoms with Crippen molar-refractivity contribution in [3.8, 4) is 0 Å². The fourth-order valence-corrected chi connectivity index (χ4v) is 3.87. The Balaban J connectivity index is 2.42. The number of nitro groups is 1. The van der Waals surface area contributed by atoms with Crippen LogP contribution in [-0.4, -0.2) is 35.3 Å². The van der Waals surface area contributed by atoms with Crippen LogP contribution < -0.4 is 0 Å². The highest BCUT2D eigenvalue weighted by Gasteiger charge is 2.28. The number of nitro benzene ring substituents is 1. The van der Waals surface area contributed by atoms with Crippen molar-refractivity contribution in [1.82, 2.24) is 4.31 Å². The number of hydrogen-bond donors (Lipinski definition) is 1. The standard InChI is InChI=1S/C16H15ClN2O6S/c17-14-7-6-13(10-15(14)19(22)23)26(24,25)18(9-8-16(20)21)11-12-4-2-1-3-5-12/h1-7,10H,8-9,11H2,(H,20,21). The number of benzene rings is 2. The molecule has 0 saturated heterocycles. The first-order valence-electron chi connectivity index (χ1n) is 7.41. The van der Waals surface area contributed by atoms with E-state index in [4.69, 9.17) is 16.7 Å². The first-order valence-corrected chi connectivity index (χ1v) is 9.23. The zero-order valence-corrected chi connectivity index (χ0v) is 15.0. The number of carbonyl (C=O) groups is 1. The van der Waals surface area contributed by atoms with Crippen molar-refractivity contribution in [2.75, 3.05) is 6.54 Å². The molecule has 1 N–H and O–H groups in total. The van der Waals surface area contributed by atoms with Crippen LogP contribution in [0.15, 0.2) is 53.4 Å². The van der Waals surface area contributed by atoms with Gasteiger partial charge in [-0.25, -0.2) is 8.42 Å². The van der Waals surface area contributed by atoms with Crippen molar-refractivity contribution >= 4 is 33.3 Å². The molecule has 0 aliphatic rings. The van der Waals surface area contributed by atoms with Gasteiger partial charge in [-0.1, -0.05) is 41.9 Å². The first kappa shape index (κ1) is 19.8. The predicted octanol–water partition coefficient (Wildman–Crippen LogP) is 2.91. The summed E-state index contributed by atoms with van der Waals surface area (Å²) in [5.74, 6) is -1.15. The Labute approximate surface area is 154 Å². The Morgan fingerprint density at radius 2 is 1.85 bits per heavy atom. The van der Waals surface area contributed by atoms with Crippen molar-refractivity contribution in [2.24, 2.45) is 0 Å². The van der Waals surface area contributed by atoms with Gasteiger partial charge in [-0.15, -0.1) is 0 Å². The van der Waals surface area contributed by atoms with E-state index in [0.29, 0.717) is 5.56 Å². The number of halogens is 1. The van der Waals surface area contributed by atoms with E-state index < -0.39 is 33.0 Å². The molecular weight excluding hydrogens is 384 g/mol. The van der Waals surface area contributed by atoms with Crippen molar-refractivity contribution in [3.63, 3.8) is 0 Å². The summed E-state index contributed by atoms with van der Waals surface area (Å²) in [5, 5.41) is 19.7. The van der Waals surface area contributed by atoms with E-state index in [1.54, 1.807) is 30.3 Å². The smallest absolute Gasteiger partial charge is 0.304 e. The van der Waals surface area contributed by atoms with Gasteiger partial charge >= 0.3 is 5.97 Å². The topological polar surface area (TPSA) is 118 Å². The summed E-state index contributed by atoms with van der Waals surface area (Å²) in [5.41, 5.74) is 0.121. The van der Waals surface area contributed by atoms with Gasteiger partial charge in [-0.2, -0.15) is 4.31 Å². The summed E-state index contributed by atoms with van der Waals surface area (Å²) < 4.78 is 26.8. The maximum Gasteiger partial charge on any atom is 0.304 e. The molecule has 0 spiro atoms. The number of carboxylic acid groups (broad SMARTS) is 1. The van der Waals surface area contributed by atoms with Gasteiger partial charge in [0.2, 0.25) is 10.0 Å². The molecule has 0 radical (unpaired) electrons. The van der Waals surface area contributed by atoms with Crippen molar-refractivity contribution in [1.29, 1.82) is 0 Å². The van der Waals surface area contributed by atoms with E-state index in [0.717, 1.165) is 22.5 Å². The van der Waals surface area contributed by atoms with Gasteiger partial charge in [0.15, 0.2) is 0 Å². The monoisotopic (exact) mass is 398 g/mol. The maximum atomic E-state index is 12.9. The van der Waals surface area contributed by atoms with Crippen LogP contribution in [0, 0.1) is 10.1 Å². The van der Waals surface area contributed by atoms with Crippen LogP contribution in [0.2, 0.25) is 5.02 Å². The quantitative estimate of drug-likeness (QED) is 0.539. The lowest BCUT2D eigenvalue weighted by atomic mass is 10.2. The maximum absolute atomic E-state index is 12.9. The van der Waals surface area contributed by atoms with E-state index in [1.165, 1.54) is 0 Å². The largest absolute Gasteiger partial charge is 0.481 e. The highest BCUT2D eigenvalue weighted by molar-refractivity contribution is 7.89. The van der Waals surface area contributed by atoms with Crippen LogP contribution in [0.25, 0.3) is 0 Å². The molecule has 0 saturated carbocycles. The zero-order valence-electron chi connectivity index (χ0n) is 13.4. The van der Waals surface area contributed by atoms with Gasteiger partial charge in [0.05, 0.1) is 16.2 Å². The van der Waals surface area contributed by atoms with E-state index in [2.05, 4.69) is 0 Å². The third kappa shape index (κ3) is 4.78.